The number of benzene rings is 2. The highest BCUT2D eigenvalue weighted by Gasteiger charge is 2.23. The molecule has 2 aromatic carbocycles. The van der Waals surface area contributed by atoms with E-state index in [1.54, 1.807) is 0 Å². The first kappa shape index (κ1) is 23.3. The number of hydrogen-bond acceptors (Lipinski definition) is 4. The third-order valence-electron chi connectivity index (χ3n) is 4.60. The van der Waals surface area contributed by atoms with Crippen LogP contribution in [-0.2, 0) is 4.74 Å². The number of nitrogens with two attached hydrogens (primary N) is 1. The highest BCUT2D eigenvalue weighted by atomic mass is 35.5. The predicted octanol–water partition coefficient (Wildman–Crippen LogP) is 4.71. The van der Waals surface area contributed by atoms with Gasteiger partial charge in [-0.05, 0) is 30.7 Å². The molecule has 0 saturated carbocycles. The van der Waals surface area contributed by atoms with Gasteiger partial charge in [0.2, 0.25) is 0 Å². The highest BCUT2D eigenvalue weighted by Crippen LogP contribution is 2.36. The average Bonchev–Trinajstić information content (AvgIpc) is 2.72. The highest BCUT2D eigenvalue weighted by molar-refractivity contribution is 6.32. The van der Waals surface area contributed by atoms with Crippen molar-refractivity contribution in [2.45, 2.75) is 19.4 Å². The summed E-state index contributed by atoms with van der Waals surface area (Å²) in [6.07, 6.45) is 0.534. The van der Waals surface area contributed by atoms with E-state index in [1.165, 1.54) is 29.2 Å². The van der Waals surface area contributed by atoms with Crippen LogP contribution in [0.1, 0.15) is 35.3 Å². The molecule has 1 fully saturated rings. The molecule has 0 aliphatic carbocycles. The molecule has 2 N–H and O–H groups in total. The number of rotatable bonds is 5. The molecule has 0 radical (unpaired) electrons. The fourth-order valence-corrected chi connectivity index (χ4v) is 3.12. The quantitative estimate of drug-likeness (QED) is 0.721. The lowest BCUT2D eigenvalue weighted by atomic mass is 10.0. The average molecular weight is 447 g/mol. The van der Waals surface area contributed by atoms with Gasteiger partial charge in [-0.2, -0.15) is 0 Å². The fraction of sp³-hybridized carbons (Fsp3) is 0.350. The number of carbonyl (C=O) groups excluding carboxylic acids is 1. The Morgan fingerprint density at radius 2 is 1.97 bits per heavy atom. The third-order valence-corrected chi connectivity index (χ3v) is 4.90. The number of hydrogen-bond donors (Lipinski definition) is 1. The Hall–Kier alpha value is -1.93. The lowest BCUT2D eigenvalue weighted by molar-refractivity contribution is 0.0299. The molecule has 29 heavy (non-hydrogen) atoms. The van der Waals surface area contributed by atoms with Gasteiger partial charge in [-0.15, -0.1) is 12.4 Å². The molecule has 1 aliphatic rings. The molecule has 9 heteroatoms. The molecule has 0 unspecified atom stereocenters. The Balaban J connectivity index is 0.00000300. The number of halogens is 4. The van der Waals surface area contributed by atoms with Crippen LogP contribution < -0.4 is 10.5 Å². The summed E-state index contributed by atoms with van der Waals surface area (Å²) in [6, 6.07) is 6.16. The smallest absolute Gasteiger partial charge is 0.257 e. The minimum absolute atomic E-state index is 0. The van der Waals surface area contributed by atoms with Gasteiger partial charge < -0.3 is 20.1 Å². The molecular formula is C20H22Cl2F2N2O3. The maximum absolute atomic E-state index is 14.8. The Morgan fingerprint density at radius 3 is 2.62 bits per heavy atom. The van der Waals surface area contributed by atoms with E-state index in [0.29, 0.717) is 32.7 Å². The number of morpholine rings is 1. The van der Waals surface area contributed by atoms with Crippen molar-refractivity contribution < 1.29 is 23.0 Å². The normalized spacial score (nSPS) is 14.9. The first-order chi connectivity index (χ1) is 13.4. The van der Waals surface area contributed by atoms with Gasteiger partial charge in [-0.1, -0.05) is 24.6 Å². The van der Waals surface area contributed by atoms with Gasteiger partial charge in [0.25, 0.3) is 5.91 Å². The van der Waals surface area contributed by atoms with Gasteiger partial charge in [-0.25, -0.2) is 8.78 Å². The topological polar surface area (TPSA) is 64.8 Å². The molecule has 3 rings (SSSR count). The number of nitrogens with zero attached hydrogens (tertiary/aromatic N) is 1. The van der Waals surface area contributed by atoms with Crippen LogP contribution in [0, 0.1) is 11.6 Å². The van der Waals surface area contributed by atoms with Crippen LogP contribution in [0.4, 0.5) is 8.78 Å². The summed E-state index contributed by atoms with van der Waals surface area (Å²) in [7, 11) is 0. The fourth-order valence-electron chi connectivity index (χ4n) is 2.93. The van der Waals surface area contributed by atoms with E-state index in [-0.39, 0.29) is 40.1 Å². The summed E-state index contributed by atoms with van der Waals surface area (Å²) < 4.78 is 39.9. The minimum Gasteiger partial charge on any atom is -0.453 e. The van der Waals surface area contributed by atoms with E-state index in [1.807, 2.05) is 6.92 Å². The standard InChI is InChI=1S/C20H21ClF2N2O3.ClH/c1-2-17(24)13-4-5-15(21)19(18(13)23)28-12-3-6-16(22)14(11-12)20(26)25-7-9-27-10-8-25;/h3-6,11,17H,2,7-10,24H2,1H3;1H/t17-;/m1./s1. The van der Waals surface area contributed by atoms with Crippen LogP contribution in [0.3, 0.4) is 0 Å². The van der Waals surface area contributed by atoms with E-state index >= 15 is 0 Å². The van der Waals surface area contributed by atoms with E-state index in [9.17, 15) is 13.6 Å². The Labute approximate surface area is 179 Å². The second-order valence-corrected chi connectivity index (χ2v) is 6.85. The molecule has 0 aromatic heterocycles. The van der Waals surface area contributed by atoms with Crippen molar-refractivity contribution in [3.05, 3.63) is 58.1 Å². The zero-order valence-electron chi connectivity index (χ0n) is 15.8. The molecule has 1 heterocycles. The van der Waals surface area contributed by atoms with Gasteiger partial charge in [0.05, 0.1) is 23.8 Å². The number of ether oxygens (including phenoxy) is 2. The van der Waals surface area contributed by atoms with Crippen LogP contribution >= 0.6 is 24.0 Å². The summed E-state index contributed by atoms with van der Waals surface area (Å²) in [6.45, 7) is 3.38. The van der Waals surface area contributed by atoms with E-state index in [4.69, 9.17) is 26.8 Å². The second kappa shape index (κ2) is 10.2. The monoisotopic (exact) mass is 446 g/mol. The summed E-state index contributed by atoms with van der Waals surface area (Å²) >= 11 is 6.09. The predicted molar refractivity (Wildman–Crippen MR) is 109 cm³/mol. The first-order valence-electron chi connectivity index (χ1n) is 9.00. The summed E-state index contributed by atoms with van der Waals surface area (Å²) in [5.41, 5.74) is 6.04. The summed E-state index contributed by atoms with van der Waals surface area (Å²) in [5, 5.41) is 0.0509. The SMILES string of the molecule is CC[C@@H](N)c1ccc(Cl)c(Oc2ccc(F)c(C(=O)N3CCOCC3)c2)c1F.Cl. The molecule has 0 bridgehead atoms. The van der Waals surface area contributed by atoms with Crippen molar-refractivity contribution >= 4 is 29.9 Å². The largest absolute Gasteiger partial charge is 0.453 e. The molecule has 2 aromatic rings. The van der Waals surface area contributed by atoms with Crippen LogP contribution in [-0.4, -0.2) is 37.1 Å². The van der Waals surface area contributed by atoms with Crippen LogP contribution in [0.15, 0.2) is 30.3 Å². The molecule has 0 spiro atoms. The van der Waals surface area contributed by atoms with Crippen LogP contribution in [0.2, 0.25) is 5.02 Å². The van der Waals surface area contributed by atoms with Gasteiger partial charge >= 0.3 is 0 Å². The van der Waals surface area contributed by atoms with Gasteiger partial charge in [0, 0.05) is 24.7 Å². The molecule has 5 nitrogen and oxygen atoms in total. The molecule has 158 valence electrons. The number of carbonyl (C=O) groups is 1. The molecule has 1 atom stereocenters. The van der Waals surface area contributed by atoms with Gasteiger partial charge in [0.15, 0.2) is 11.6 Å². The molecule has 1 saturated heterocycles. The Morgan fingerprint density at radius 1 is 1.28 bits per heavy atom. The Bertz CT molecular complexity index is 877. The van der Waals surface area contributed by atoms with E-state index in [0.717, 1.165) is 6.07 Å². The van der Waals surface area contributed by atoms with Gasteiger partial charge in [0.1, 0.15) is 11.6 Å². The lowest BCUT2D eigenvalue weighted by Crippen LogP contribution is -2.41. The van der Waals surface area contributed by atoms with Crippen molar-refractivity contribution in [2.24, 2.45) is 5.73 Å². The van der Waals surface area contributed by atoms with Crippen molar-refractivity contribution in [2.75, 3.05) is 26.3 Å². The maximum Gasteiger partial charge on any atom is 0.257 e. The van der Waals surface area contributed by atoms with Crippen molar-refractivity contribution in [3.8, 4) is 11.5 Å². The summed E-state index contributed by atoms with van der Waals surface area (Å²) in [4.78, 5) is 14.1. The van der Waals surface area contributed by atoms with Crippen LogP contribution in [0.25, 0.3) is 0 Å². The number of amides is 1. The maximum atomic E-state index is 14.8. The third kappa shape index (κ3) is 5.17. The zero-order chi connectivity index (χ0) is 20.3. The molecule has 1 amide bonds. The van der Waals surface area contributed by atoms with Crippen molar-refractivity contribution in [3.63, 3.8) is 0 Å². The van der Waals surface area contributed by atoms with E-state index in [2.05, 4.69) is 0 Å². The van der Waals surface area contributed by atoms with Gasteiger partial charge in [-0.3, -0.25) is 4.79 Å². The minimum atomic E-state index is -0.683. The van der Waals surface area contributed by atoms with Crippen LogP contribution in [0.5, 0.6) is 11.5 Å². The summed E-state index contributed by atoms with van der Waals surface area (Å²) in [5.74, 6) is -1.94. The van der Waals surface area contributed by atoms with E-state index < -0.39 is 23.6 Å². The molecular weight excluding hydrogens is 425 g/mol. The molecule has 1 aliphatic heterocycles. The zero-order valence-corrected chi connectivity index (χ0v) is 17.4. The Kier molecular flexibility index (Phi) is 8.22. The second-order valence-electron chi connectivity index (χ2n) is 6.44. The lowest BCUT2D eigenvalue weighted by Gasteiger charge is -2.27. The van der Waals surface area contributed by atoms with Crippen molar-refractivity contribution in [1.29, 1.82) is 0 Å². The first-order valence-corrected chi connectivity index (χ1v) is 9.38. The van der Waals surface area contributed by atoms with Crippen molar-refractivity contribution in [1.82, 2.24) is 4.90 Å².